The molecule has 2 saturated heterocycles. The number of nitrogens with zero attached hydrogens (tertiary/aromatic N) is 3. The largest absolute Gasteiger partial charge is 0.334 e. The predicted molar refractivity (Wildman–Crippen MR) is 74.1 cm³/mol. The van der Waals surface area contributed by atoms with Gasteiger partial charge in [0.1, 0.15) is 5.69 Å². The lowest BCUT2D eigenvalue weighted by Crippen LogP contribution is -2.52. The highest BCUT2D eigenvalue weighted by atomic mass is 16.2. The molecule has 0 N–H and O–H groups in total. The molecular formula is C15H21N3O. The number of rotatable bonds is 2. The maximum atomic E-state index is 12.6. The van der Waals surface area contributed by atoms with Crippen molar-refractivity contribution in [2.24, 2.45) is 0 Å². The van der Waals surface area contributed by atoms with Gasteiger partial charge in [-0.15, -0.1) is 0 Å². The molecule has 1 aromatic rings. The Morgan fingerprint density at radius 2 is 2.32 bits per heavy atom. The van der Waals surface area contributed by atoms with E-state index in [2.05, 4.69) is 16.8 Å². The number of pyridine rings is 1. The van der Waals surface area contributed by atoms with Crippen LogP contribution in [0.4, 0.5) is 0 Å². The lowest BCUT2D eigenvalue weighted by Gasteiger charge is -2.37. The van der Waals surface area contributed by atoms with Crippen molar-refractivity contribution >= 4 is 5.91 Å². The number of fused-ring (bicyclic) bond motifs is 1. The number of hydrogen-bond donors (Lipinski definition) is 0. The number of hydrogen-bond acceptors (Lipinski definition) is 3. The summed E-state index contributed by atoms with van der Waals surface area (Å²) in [4.78, 5) is 21.4. The fourth-order valence-electron chi connectivity index (χ4n) is 3.24. The highest BCUT2D eigenvalue weighted by Crippen LogP contribution is 2.22. The number of amides is 1. The van der Waals surface area contributed by atoms with Crippen LogP contribution in [0.5, 0.6) is 0 Å². The third kappa shape index (κ3) is 2.37. The smallest absolute Gasteiger partial charge is 0.272 e. The monoisotopic (exact) mass is 259 g/mol. The van der Waals surface area contributed by atoms with Gasteiger partial charge in [-0.25, -0.2) is 0 Å². The van der Waals surface area contributed by atoms with Gasteiger partial charge in [0.15, 0.2) is 0 Å². The Morgan fingerprint density at radius 1 is 1.42 bits per heavy atom. The SMILES string of the molecule is CCc1cccnc1C(=O)N1CCN2CCCC2C1. The van der Waals surface area contributed by atoms with Crippen molar-refractivity contribution in [3.8, 4) is 0 Å². The molecule has 2 aliphatic rings. The second-order valence-electron chi connectivity index (χ2n) is 5.45. The van der Waals surface area contributed by atoms with Crippen LogP contribution >= 0.6 is 0 Å². The first-order valence-electron chi connectivity index (χ1n) is 7.27. The van der Waals surface area contributed by atoms with Crippen LogP contribution in [-0.4, -0.2) is 52.9 Å². The summed E-state index contributed by atoms with van der Waals surface area (Å²) in [5.41, 5.74) is 1.71. The molecule has 4 heteroatoms. The molecule has 3 rings (SSSR count). The van der Waals surface area contributed by atoms with E-state index in [1.807, 2.05) is 17.0 Å². The Hall–Kier alpha value is -1.42. The molecule has 0 radical (unpaired) electrons. The lowest BCUT2D eigenvalue weighted by molar-refractivity contribution is 0.0564. The van der Waals surface area contributed by atoms with E-state index in [1.54, 1.807) is 6.20 Å². The Labute approximate surface area is 114 Å². The summed E-state index contributed by atoms with van der Waals surface area (Å²) in [7, 11) is 0. The zero-order chi connectivity index (χ0) is 13.2. The summed E-state index contributed by atoms with van der Waals surface area (Å²) < 4.78 is 0. The van der Waals surface area contributed by atoms with Gasteiger partial charge in [0.25, 0.3) is 5.91 Å². The molecule has 1 amide bonds. The molecule has 3 heterocycles. The maximum absolute atomic E-state index is 12.6. The molecule has 2 fully saturated rings. The van der Waals surface area contributed by atoms with E-state index in [0.29, 0.717) is 11.7 Å². The third-order valence-electron chi connectivity index (χ3n) is 4.35. The minimum atomic E-state index is 0.115. The van der Waals surface area contributed by atoms with Gasteiger partial charge in [-0.3, -0.25) is 14.7 Å². The minimum Gasteiger partial charge on any atom is -0.334 e. The molecule has 0 saturated carbocycles. The lowest BCUT2D eigenvalue weighted by atomic mass is 10.1. The van der Waals surface area contributed by atoms with Gasteiger partial charge in [0.2, 0.25) is 0 Å². The molecule has 1 atom stereocenters. The molecule has 4 nitrogen and oxygen atoms in total. The molecule has 0 bridgehead atoms. The molecule has 0 aromatic carbocycles. The quantitative estimate of drug-likeness (QED) is 0.809. The molecule has 102 valence electrons. The minimum absolute atomic E-state index is 0.115. The zero-order valence-electron chi connectivity index (χ0n) is 11.5. The number of carbonyl (C=O) groups is 1. The number of aryl methyl sites for hydroxylation is 1. The first kappa shape index (κ1) is 12.6. The fourth-order valence-corrected chi connectivity index (χ4v) is 3.24. The zero-order valence-corrected chi connectivity index (χ0v) is 11.5. The molecular weight excluding hydrogens is 238 g/mol. The van der Waals surface area contributed by atoms with Gasteiger partial charge in [0, 0.05) is 31.9 Å². The first-order valence-corrected chi connectivity index (χ1v) is 7.27. The van der Waals surface area contributed by atoms with Gasteiger partial charge < -0.3 is 4.90 Å². The summed E-state index contributed by atoms with van der Waals surface area (Å²) >= 11 is 0. The van der Waals surface area contributed by atoms with Gasteiger partial charge in [-0.2, -0.15) is 0 Å². The average Bonchev–Trinajstić information content (AvgIpc) is 2.93. The van der Waals surface area contributed by atoms with Crippen molar-refractivity contribution < 1.29 is 4.79 Å². The van der Waals surface area contributed by atoms with E-state index in [-0.39, 0.29) is 5.91 Å². The van der Waals surface area contributed by atoms with Crippen molar-refractivity contribution in [2.75, 3.05) is 26.2 Å². The van der Waals surface area contributed by atoms with Crippen molar-refractivity contribution in [1.29, 1.82) is 0 Å². The Morgan fingerprint density at radius 3 is 3.16 bits per heavy atom. The first-order chi connectivity index (χ1) is 9.29. The normalized spacial score (nSPS) is 23.4. The van der Waals surface area contributed by atoms with E-state index in [4.69, 9.17) is 0 Å². The van der Waals surface area contributed by atoms with E-state index >= 15 is 0 Å². The second-order valence-corrected chi connectivity index (χ2v) is 5.45. The van der Waals surface area contributed by atoms with Crippen LogP contribution in [0.15, 0.2) is 18.3 Å². The Balaban J connectivity index is 1.76. The van der Waals surface area contributed by atoms with Crippen LogP contribution in [0.2, 0.25) is 0 Å². The van der Waals surface area contributed by atoms with Crippen molar-refractivity contribution in [2.45, 2.75) is 32.2 Å². The maximum Gasteiger partial charge on any atom is 0.272 e. The van der Waals surface area contributed by atoms with Crippen LogP contribution in [-0.2, 0) is 6.42 Å². The highest BCUT2D eigenvalue weighted by Gasteiger charge is 2.33. The van der Waals surface area contributed by atoms with Crippen molar-refractivity contribution in [3.63, 3.8) is 0 Å². The van der Waals surface area contributed by atoms with Gasteiger partial charge in [-0.1, -0.05) is 13.0 Å². The summed E-state index contributed by atoms with van der Waals surface area (Å²) in [6.07, 6.45) is 5.08. The fraction of sp³-hybridized carbons (Fsp3) is 0.600. The molecule has 1 unspecified atom stereocenters. The van der Waals surface area contributed by atoms with Crippen LogP contribution in [0.25, 0.3) is 0 Å². The number of carbonyl (C=O) groups excluding carboxylic acids is 1. The van der Waals surface area contributed by atoms with Crippen LogP contribution in [0.3, 0.4) is 0 Å². The van der Waals surface area contributed by atoms with Crippen molar-refractivity contribution in [3.05, 3.63) is 29.6 Å². The van der Waals surface area contributed by atoms with Gasteiger partial charge >= 0.3 is 0 Å². The number of aromatic nitrogens is 1. The molecule has 19 heavy (non-hydrogen) atoms. The van der Waals surface area contributed by atoms with Crippen LogP contribution in [0.1, 0.15) is 35.8 Å². The third-order valence-corrected chi connectivity index (χ3v) is 4.35. The molecule has 0 spiro atoms. The van der Waals surface area contributed by atoms with Crippen molar-refractivity contribution in [1.82, 2.24) is 14.8 Å². The van der Waals surface area contributed by atoms with E-state index in [1.165, 1.54) is 19.4 Å². The van der Waals surface area contributed by atoms with E-state index < -0.39 is 0 Å². The van der Waals surface area contributed by atoms with E-state index in [9.17, 15) is 4.79 Å². The summed E-state index contributed by atoms with van der Waals surface area (Å²) in [6.45, 7) is 6.01. The summed E-state index contributed by atoms with van der Waals surface area (Å²) in [5.74, 6) is 0.115. The average molecular weight is 259 g/mol. The highest BCUT2D eigenvalue weighted by molar-refractivity contribution is 5.93. The Kier molecular flexibility index (Phi) is 3.51. The van der Waals surface area contributed by atoms with Crippen LogP contribution in [0, 0.1) is 0 Å². The Bertz CT molecular complexity index is 474. The second kappa shape index (κ2) is 5.29. The topological polar surface area (TPSA) is 36.4 Å². The molecule has 2 aliphatic heterocycles. The predicted octanol–water partition coefficient (Wildman–Crippen LogP) is 1.56. The van der Waals surface area contributed by atoms with Crippen LogP contribution < -0.4 is 0 Å². The number of piperazine rings is 1. The standard InChI is InChI=1S/C15H21N3O/c1-2-12-5-3-7-16-14(12)15(19)18-10-9-17-8-4-6-13(17)11-18/h3,5,7,13H,2,4,6,8-11H2,1H3. The van der Waals surface area contributed by atoms with Gasteiger partial charge in [-0.05, 0) is 37.4 Å². The molecule has 1 aromatic heterocycles. The molecule has 0 aliphatic carbocycles. The summed E-state index contributed by atoms with van der Waals surface area (Å²) in [5, 5.41) is 0. The summed E-state index contributed by atoms with van der Waals surface area (Å²) in [6, 6.07) is 4.49. The van der Waals surface area contributed by atoms with Gasteiger partial charge in [0.05, 0.1) is 0 Å². The van der Waals surface area contributed by atoms with E-state index in [0.717, 1.165) is 31.6 Å².